The molecule has 2 aromatic rings. The molecule has 0 aliphatic carbocycles. The van der Waals surface area contributed by atoms with E-state index in [1.165, 1.54) is 24.2 Å². The topological polar surface area (TPSA) is 83.2 Å². The molecule has 0 radical (unpaired) electrons. The molecular formula is C17H19ClF3N3O3S2. The van der Waals surface area contributed by atoms with Gasteiger partial charge in [-0.3, -0.25) is 4.79 Å². The molecule has 0 saturated carbocycles. The third-order valence-electron chi connectivity index (χ3n) is 3.89. The second kappa shape index (κ2) is 9.96. The summed E-state index contributed by atoms with van der Waals surface area (Å²) in [6, 6.07) is 3.23. The number of halogens is 4. The lowest BCUT2D eigenvalue weighted by Gasteiger charge is -2.23. The van der Waals surface area contributed by atoms with Crippen molar-refractivity contribution in [2.45, 2.75) is 26.4 Å². The summed E-state index contributed by atoms with van der Waals surface area (Å²) in [6.07, 6.45) is -2.89. The number of anilines is 1. The molecule has 0 aliphatic rings. The molecule has 0 saturated heterocycles. The van der Waals surface area contributed by atoms with Gasteiger partial charge in [-0.05, 0) is 19.9 Å². The van der Waals surface area contributed by atoms with Crippen molar-refractivity contribution in [1.29, 1.82) is 0 Å². The van der Waals surface area contributed by atoms with Crippen molar-refractivity contribution in [2.75, 3.05) is 23.0 Å². The summed E-state index contributed by atoms with van der Waals surface area (Å²) in [5.74, 6) is -1.88. The number of pyridine rings is 1. The molecule has 0 aliphatic heterocycles. The van der Waals surface area contributed by atoms with Crippen LogP contribution in [0.15, 0.2) is 24.5 Å². The SMILES string of the molecule is CCN(C(=O)C(C)C[S+]([O-])CCC(F)(F)F)c1sc(-c2ccc[n+]([O-])c2)nc1Cl. The first kappa shape index (κ1) is 23.7. The fraction of sp³-hybridized carbons (Fsp3) is 0.471. The molecule has 0 fully saturated rings. The number of carbonyl (C=O) groups excluding carboxylic acids is 1. The molecule has 6 nitrogen and oxygen atoms in total. The predicted molar refractivity (Wildman–Crippen MR) is 107 cm³/mol. The maximum absolute atomic E-state index is 12.8. The van der Waals surface area contributed by atoms with Gasteiger partial charge >= 0.3 is 6.18 Å². The van der Waals surface area contributed by atoms with Gasteiger partial charge in [0.15, 0.2) is 17.5 Å². The first-order valence-corrected chi connectivity index (χ1v) is 11.3. The van der Waals surface area contributed by atoms with Gasteiger partial charge < -0.3 is 14.7 Å². The van der Waals surface area contributed by atoms with E-state index >= 15 is 0 Å². The molecule has 2 aromatic heterocycles. The van der Waals surface area contributed by atoms with E-state index in [-0.39, 0.29) is 17.5 Å². The molecule has 12 heteroatoms. The van der Waals surface area contributed by atoms with Gasteiger partial charge in [-0.1, -0.05) is 34.1 Å². The van der Waals surface area contributed by atoms with Crippen LogP contribution in [0.4, 0.5) is 18.2 Å². The van der Waals surface area contributed by atoms with Crippen molar-refractivity contribution in [1.82, 2.24) is 4.98 Å². The van der Waals surface area contributed by atoms with Crippen LogP contribution < -0.4 is 9.63 Å². The second-order valence-corrected chi connectivity index (χ2v) is 9.18. The summed E-state index contributed by atoms with van der Waals surface area (Å²) in [6.45, 7) is 3.48. The molecule has 2 rings (SSSR count). The highest BCUT2D eigenvalue weighted by molar-refractivity contribution is 7.91. The standard InChI is InChI=1S/C17H19ClF3N3O3S2/c1-3-24(15(25)11(2)10-29(27)8-6-17(19,20)21)16-13(18)22-14(28-16)12-5-4-7-23(26)9-12/h4-5,7,9,11H,3,6,8,10H2,1-2H3. The minimum absolute atomic E-state index is 0.0758. The zero-order valence-electron chi connectivity index (χ0n) is 15.6. The Bertz CT molecular complexity index is 851. The lowest BCUT2D eigenvalue weighted by Crippen LogP contribution is -2.38. The van der Waals surface area contributed by atoms with Crippen LogP contribution in [0.5, 0.6) is 0 Å². The monoisotopic (exact) mass is 469 g/mol. The van der Waals surface area contributed by atoms with Crippen LogP contribution in [0.1, 0.15) is 20.3 Å². The zero-order chi connectivity index (χ0) is 21.8. The summed E-state index contributed by atoms with van der Waals surface area (Å²) < 4.78 is 49.4. The van der Waals surface area contributed by atoms with Crippen molar-refractivity contribution in [2.24, 2.45) is 5.92 Å². The van der Waals surface area contributed by atoms with E-state index in [2.05, 4.69) is 4.98 Å². The molecule has 2 atom stereocenters. The number of rotatable bonds is 8. The van der Waals surface area contributed by atoms with E-state index in [0.717, 1.165) is 11.3 Å². The maximum Gasteiger partial charge on any atom is 0.393 e. The van der Waals surface area contributed by atoms with E-state index in [9.17, 15) is 27.7 Å². The van der Waals surface area contributed by atoms with Gasteiger partial charge in [-0.2, -0.15) is 17.9 Å². The van der Waals surface area contributed by atoms with Crippen LogP contribution in [0.25, 0.3) is 10.6 Å². The highest BCUT2D eigenvalue weighted by Crippen LogP contribution is 2.38. The lowest BCUT2D eigenvalue weighted by molar-refractivity contribution is -0.604. The minimum atomic E-state index is -4.38. The van der Waals surface area contributed by atoms with E-state index < -0.39 is 41.4 Å². The van der Waals surface area contributed by atoms with Crippen LogP contribution in [-0.2, 0) is 16.0 Å². The lowest BCUT2D eigenvalue weighted by atomic mass is 10.2. The molecule has 2 unspecified atom stereocenters. The number of amides is 1. The first-order valence-electron chi connectivity index (χ1n) is 8.60. The Morgan fingerprint density at radius 1 is 1.48 bits per heavy atom. The highest BCUT2D eigenvalue weighted by atomic mass is 35.5. The molecule has 1 amide bonds. The Balaban J connectivity index is 2.13. The first-order chi connectivity index (χ1) is 13.5. The Morgan fingerprint density at radius 3 is 2.76 bits per heavy atom. The van der Waals surface area contributed by atoms with Crippen LogP contribution >= 0.6 is 22.9 Å². The van der Waals surface area contributed by atoms with Crippen LogP contribution in [0.3, 0.4) is 0 Å². The summed E-state index contributed by atoms with van der Waals surface area (Å²) in [5.41, 5.74) is 0.533. The summed E-state index contributed by atoms with van der Waals surface area (Å²) >= 11 is 5.54. The number of hydrogen-bond donors (Lipinski definition) is 0. The normalized spacial score (nSPS) is 13.9. The Morgan fingerprint density at radius 2 is 2.17 bits per heavy atom. The molecule has 29 heavy (non-hydrogen) atoms. The average molecular weight is 470 g/mol. The molecular weight excluding hydrogens is 451 g/mol. The fourth-order valence-corrected chi connectivity index (χ4v) is 5.19. The molecule has 0 bridgehead atoms. The van der Waals surface area contributed by atoms with E-state index in [1.54, 1.807) is 19.1 Å². The van der Waals surface area contributed by atoms with Gasteiger partial charge in [0.2, 0.25) is 5.91 Å². The average Bonchev–Trinajstić information content (AvgIpc) is 3.01. The smallest absolute Gasteiger partial charge is 0.393 e. The molecule has 0 spiro atoms. The van der Waals surface area contributed by atoms with Crippen molar-refractivity contribution in [3.63, 3.8) is 0 Å². The Hall–Kier alpha value is -1.56. The zero-order valence-corrected chi connectivity index (χ0v) is 18.0. The number of carbonyl (C=O) groups is 1. The van der Waals surface area contributed by atoms with Crippen molar-refractivity contribution >= 4 is 45.0 Å². The van der Waals surface area contributed by atoms with Crippen LogP contribution in [0, 0.1) is 11.1 Å². The predicted octanol–water partition coefficient (Wildman–Crippen LogP) is 3.79. The number of thiazole rings is 1. The van der Waals surface area contributed by atoms with Gasteiger partial charge in [0.05, 0.1) is 17.9 Å². The van der Waals surface area contributed by atoms with Crippen molar-refractivity contribution in [3.8, 4) is 10.6 Å². The number of nitrogens with zero attached hydrogens (tertiary/aromatic N) is 3. The van der Waals surface area contributed by atoms with Crippen molar-refractivity contribution in [3.05, 3.63) is 34.9 Å². The Labute approximate surface area is 178 Å². The van der Waals surface area contributed by atoms with Crippen molar-refractivity contribution < 1.29 is 27.2 Å². The number of alkyl halides is 3. The van der Waals surface area contributed by atoms with E-state index in [4.69, 9.17) is 11.6 Å². The van der Waals surface area contributed by atoms with Gasteiger partial charge in [0, 0.05) is 12.6 Å². The molecule has 2 heterocycles. The second-order valence-electron chi connectivity index (χ2n) is 6.23. The molecule has 0 N–H and O–H groups in total. The third kappa shape index (κ3) is 6.73. The minimum Gasteiger partial charge on any atom is -0.619 e. The number of aromatic nitrogens is 2. The molecule has 160 valence electrons. The van der Waals surface area contributed by atoms with Gasteiger partial charge in [-0.25, -0.2) is 4.98 Å². The maximum atomic E-state index is 12.8. The quantitative estimate of drug-likeness (QED) is 0.334. The van der Waals surface area contributed by atoms with E-state index in [1.807, 2.05) is 0 Å². The largest absolute Gasteiger partial charge is 0.619 e. The summed E-state index contributed by atoms with van der Waals surface area (Å²) in [4.78, 5) is 18.4. The van der Waals surface area contributed by atoms with Crippen LogP contribution in [0.2, 0.25) is 5.15 Å². The summed E-state index contributed by atoms with van der Waals surface area (Å²) in [5, 5.41) is 12.3. The van der Waals surface area contributed by atoms with Gasteiger partial charge in [0.1, 0.15) is 21.5 Å². The summed E-state index contributed by atoms with van der Waals surface area (Å²) in [7, 11) is 0. The Kier molecular flexibility index (Phi) is 8.15. The van der Waals surface area contributed by atoms with Gasteiger partial charge in [0.25, 0.3) is 0 Å². The van der Waals surface area contributed by atoms with Crippen LogP contribution in [-0.4, -0.2) is 39.7 Å². The van der Waals surface area contributed by atoms with E-state index in [0.29, 0.717) is 20.3 Å². The fourth-order valence-electron chi connectivity index (χ4n) is 2.49. The third-order valence-corrected chi connectivity index (χ3v) is 6.92. The number of hydrogen-bond acceptors (Lipinski definition) is 5. The highest BCUT2D eigenvalue weighted by Gasteiger charge is 2.32. The molecule has 0 aromatic carbocycles. The van der Waals surface area contributed by atoms with Gasteiger partial charge in [-0.15, -0.1) is 0 Å².